The van der Waals surface area contributed by atoms with Gasteiger partial charge in [0.2, 0.25) is 0 Å². The molecule has 0 aliphatic carbocycles. The van der Waals surface area contributed by atoms with Gasteiger partial charge in [-0.3, -0.25) is 0 Å². The van der Waals surface area contributed by atoms with Gasteiger partial charge in [-0.1, -0.05) is 80.6 Å². The van der Waals surface area contributed by atoms with Gasteiger partial charge in [0, 0.05) is 16.7 Å². The number of ether oxygens (including phenoxy) is 1. The average Bonchev–Trinajstić information content (AvgIpc) is 2.86. The molecule has 0 saturated heterocycles. The Morgan fingerprint density at radius 2 is 1.16 bits per heavy atom. The summed E-state index contributed by atoms with van der Waals surface area (Å²) in [7, 11) is 0. The highest BCUT2D eigenvalue weighted by Crippen LogP contribution is 2.29. The average molecular weight is 494 g/mol. The molecule has 192 valence electrons. The van der Waals surface area contributed by atoms with Crippen LogP contribution in [0.15, 0.2) is 60.7 Å². The summed E-state index contributed by atoms with van der Waals surface area (Å²) in [6.07, 6.45) is 4.85. The van der Waals surface area contributed by atoms with Crippen LogP contribution in [-0.4, -0.2) is 21.6 Å². The number of nitrogens with zero attached hydrogens (tertiary/aromatic N) is 3. The number of benzene rings is 3. The second kappa shape index (κ2) is 12.1. The molecule has 0 atom stereocenters. The highest BCUT2D eigenvalue weighted by Gasteiger charge is 2.15. The van der Waals surface area contributed by atoms with Crippen molar-refractivity contribution in [1.82, 2.24) is 15.0 Å². The van der Waals surface area contributed by atoms with Gasteiger partial charge in [-0.05, 0) is 75.4 Å². The summed E-state index contributed by atoms with van der Waals surface area (Å²) in [4.78, 5) is 14.8. The fourth-order valence-corrected chi connectivity index (χ4v) is 4.60. The zero-order valence-corrected chi connectivity index (χ0v) is 23.1. The van der Waals surface area contributed by atoms with Crippen LogP contribution in [-0.2, 0) is 0 Å². The summed E-state index contributed by atoms with van der Waals surface area (Å²) < 4.78 is 5.99. The van der Waals surface area contributed by atoms with Crippen molar-refractivity contribution < 1.29 is 4.74 Å². The number of hydrogen-bond acceptors (Lipinski definition) is 4. The topological polar surface area (TPSA) is 47.9 Å². The second-order valence-corrected chi connectivity index (χ2v) is 10.6. The van der Waals surface area contributed by atoms with Crippen molar-refractivity contribution in [2.24, 2.45) is 5.92 Å². The van der Waals surface area contributed by atoms with Crippen LogP contribution in [0, 0.1) is 33.6 Å². The van der Waals surface area contributed by atoms with Crippen LogP contribution in [0.1, 0.15) is 61.8 Å². The first kappa shape index (κ1) is 26.5. The van der Waals surface area contributed by atoms with Crippen molar-refractivity contribution in [2.45, 2.75) is 67.2 Å². The highest BCUT2D eigenvalue weighted by atomic mass is 16.5. The number of hydrogen-bond donors (Lipinski definition) is 0. The lowest BCUT2D eigenvalue weighted by molar-refractivity contribution is 0.303. The third-order valence-corrected chi connectivity index (χ3v) is 6.69. The molecule has 4 aromatic rings. The Labute approximate surface area is 222 Å². The molecule has 1 aromatic heterocycles. The predicted molar refractivity (Wildman–Crippen MR) is 154 cm³/mol. The van der Waals surface area contributed by atoms with Crippen molar-refractivity contribution in [2.75, 3.05) is 6.61 Å². The molecular weight excluding hydrogens is 454 g/mol. The van der Waals surface area contributed by atoms with Crippen LogP contribution in [0.3, 0.4) is 0 Å². The van der Waals surface area contributed by atoms with E-state index in [0.717, 1.165) is 52.5 Å². The van der Waals surface area contributed by atoms with Gasteiger partial charge in [0.05, 0.1) is 6.61 Å². The minimum atomic E-state index is 0.667. The Kier molecular flexibility index (Phi) is 8.70. The minimum Gasteiger partial charge on any atom is -0.494 e. The molecule has 0 aliphatic rings. The number of aryl methyl sites for hydroxylation is 4. The minimum absolute atomic E-state index is 0.667. The lowest BCUT2D eigenvalue weighted by atomic mass is 10.0. The Morgan fingerprint density at radius 1 is 0.622 bits per heavy atom. The molecular formula is C33H39N3O. The van der Waals surface area contributed by atoms with E-state index < -0.39 is 0 Å². The van der Waals surface area contributed by atoms with Crippen LogP contribution >= 0.6 is 0 Å². The second-order valence-electron chi connectivity index (χ2n) is 10.6. The molecule has 0 fully saturated rings. The lowest BCUT2D eigenvalue weighted by Crippen LogP contribution is -2.02. The summed E-state index contributed by atoms with van der Waals surface area (Å²) >= 11 is 0. The zero-order chi connectivity index (χ0) is 26.4. The molecule has 0 radical (unpaired) electrons. The molecule has 0 amide bonds. The molecule has 0 aliphatic heterocycles. The maximum atomic E-state index is 5.99. The summed E-state index contributed by atoms with van der Waals surface area (Å²) in [6, 6.07) is 20.9. The quantitative estimate of drug-likeness (QED) is 0.207. The summed E-state index contributed by atoms with van der Waals surface area (Å²) in [5.41, 5.74) is 7.75. The number of rotatable bonds is 10. The fraction of sp³-hybridized carbons (Fsp3) is 0.364. The molecule has 1 heterocycles. The molecule has 4 heteroatoms. The van der Waals surface area contributed by atoms with Crippen LogP contribution < -0.4 is 4.74 Å². The van der Waals surface area contributed by atoms with Gasteiger partial charge in [-0.2, -0.15) is 0 Å². The Bertz CT molecular complexity index is 1270. The number of unbranched alkanes of at least 4 members (excludes halogenated alkanes) is 2. The first-order valence-electron chi connectivity index (χ1n) is 13.4. The van der Waals surface area contributed by atoms with Crippen molar-refractivity contribution in [3.8, 4) is 39.9 Å². The zero-order valence-electron chi connectivity index (χ0n) is 23.1. The number of aromatic nitrogens is 3. The Hall–Kier alpha value is -3.53. The standard InChI is InChI=1S/C33H39N3O/c1-22(2)10-8-7-9-19-37-28-15-13-27(14-16-28)31-34-32(29-17-11-23(3)20-25(29)5)36-33(35-31)30-18-12-24(4)21-26(30)6/h11-18,20-22H,7-10,19H2,1-6H3. The molecule has 37 heavy (non-hydrogen) atoms. The van der Waals surface area contributed by atoms with Gasteiger partial charge >= 0.3 is 0 Å². The molecule has 0 unspecified atom stereocenters. The molecule has 3 aromatic carbocycles. The Balaban J connectivity index is 1.61. The van der Waals surface area contributed by atoms with Crippen molar-refractivity contribution in [3.05, 3.63) is 82.9 Å². The summed E-state index contributed by atoms with van der Waals surface area (Å²) in [5.74, 6) is 3.71. The summed E-state index contributed by atoms with van der Waals surface area (Å²) in [5, 5.41) is 0. The monoisotopic (exact) mass is 493 g/mol. The Morgan fingerprint density at radius 3 is 1.68 bits per heavy atom. The molecule has 4 nitrogen and oxygen atoms in total. The largest absolute Gasteiger partial charge is 0.494 e. The van der Waals surface area contributed by atoms with E-state index in [-0.39, 0.29) is 0 Å². The normalized spacial score (nSPS) is 11.2. The van der Waals surface area contributed by atoms with E-state index in [1.165, 1.54) is 30.4 Å². The van der Waals surface area contributed by atoms with Gasteiger partial charge in [-0.25, -0.2) is 15.0 Å². The SMILES string of the molecule is Cc1ccc(-c2nc(-c3ccc(OCCCCCC(C)C)cc3)nc(-c3ccc(C)cc3C)n2)c(C)c1. The third-order valence-electron chi connectivity index (χ3n) is 6.69. The van der Waals surface area contributed by atoms with Crippen molar-refractivity contribution in [3.63, 3.8) is 0 Å². The lowest BCUT2D eigenvalue weighted by Gasteiger charge is -2.12. The third kappa shape index (κ3) is 7.03. The van der Waals surface area contributed by atoms with Crippen LogP contribution in [0.2, 0.25) is 0 Å². The van der Waals surface area contributed by atoms with Gasteiger partial charge in [0.15, 0.2) is 17.5 Å². The molecule has 4 rings (SSSR count). The molecule has 0 N–H and O–H groups in total. The summed E-state index contributed by atoms with van der Waals surface area (Å²) in [6.45, 7) is 13.7. The van der Waals surface area contributed by atoms with Crippen LogP contribution in [0.25, 0.3) is 34.2 Å². The molecule has 0 bridgehead atoms. The van der Waals surface area contributed by atoms with Gasteiger partial charge in [0.1, 0.15) is 5.75 Å². The smallest absolute Gasteiger partial charge is 0.164 e. The van der Waals surface area contributed by atoms with Crippen molar-refractivity contribution >= 4 is 0 Å². The van der Waals surface area contributed by atoms with Crippen LogP contribution in [0.5, 0.6) is 5.75 Å². The first-order chi connectivity index (χ1) is 17.8. The fourth-order valence-electron chi connectivity index (χ4n) is 4.60. The van der Waals surface area contributed by atoms with Gasteiger partial charge < -0.3 is 4.74 Å². The van der Waals surface area contributed by atoms with E-state index in [1.54, 1.807) is 0 Å². The maximum Gasteiger partial charge on any atom is 0.164 e. The van der Waals surface area contributed by atoms with E-state index in [1.807, 2.05) is 24.3 Å². The highest BCUT2D eigenvalue weighted by molar-refractivity contribution is 5.69. The van der Waals surface area contributed by atoms with E-state index in [2.05, 4.69) is 77.9 Å². The predicted octanol–water partition coefficient (Wildman–Crippen LogP) is 8.70. The van der Waals surface area contributed by atoms with Crippen LogP contribution in [0.4, 0.5) is 0 Å². The molecule has 0 spiro atoms. The van der Waals surface area contributed by atoms with E-state index in [9.17, 15) is 0 Å². The first-order valence-corrected chi connectivity index (χ1v) is 13.4. The van der Waals surface area contributed by atoms with E-state index in [4.69, 9.17) is 19.7 Å². The van der Waals surface area contributed by atoms with Crippen molar-refractivity contribution in [1.29, 1.82) is 0 Å². The van der Waals surface area contributed by atoms with E-state index in [0.29, 0.717) is 17.5 Å². The van der Waals surface area contributed by atoms with Gasteiger partial charge in [0.25, 0.3) is 0 Å². The van der Waals surface area contributed by atoms with E-state index >= 15 is 0 Å². The van der Waals surface area contributed by atoms with Gasteiger partial charge in [-0.15, -0.1) is 0 Å². The molecule has 0 saturated carbocycles. The maximum absolute atomic E-state index is 5.99.